The maximum absolute atomic E-state index is 13.1. The number of carbonyl (C=O) groups excluding carboxylic acids is 1. The molecule has 30 heavy (non-hydrogen) atoms. The van der Waals surface area contributed by atoms with Crippen LogP contribution in [-0.4, -0.2) is 36.8 Å². The Hall–Kier alpha value is -2.96. The van der Waals surface area contributed by atoms with Crippen molar-refractivity contribution in [1.29, 1.82) is 0 Å². The first-order valence-corrected chi connectivity index (χ1v) is 10.9. The summed E-state index contributed by atoms with van der Waals surface area (Å²) in [7, 11) is 0. The van der Waals surface area contributed by atoms with E-state index >= 15 is 0 Å². The van der Waals surface area contributed by atoms with E-state index in [1.165, 1.54) is 11.3 Å². The first-order chi connectivity index (χ1) is 14.7. The summed E-state index contributed by atoms with van der Waals surface area (Å²) < 4.78 is 11.4. The van der Waals surface area contributed by atoms with E-state index in [1.54, 1.807) is 23.1 Å². The Bertz CT molecular complexity index is 979. The topological polar surface area (TPSA) is 51.7 Å². The molecule has 6 heteroatoms. The number of hydrogen-bond acceptors (Lipinski definition) is 5. The van der Waals surface area contributed by atoms with Gasteiger partial charge in [0.25, 0.3) is 5.91 Å². The van der Waals surface area contributed by atoms with Crippen LogP contribution in [0, 0.1) is 0 Å². The van der Waals surface area contributed by atoms with Gasteiger partial charge in [0.1, 0.15) is 12.4 Å². The molecule has 154 valence electrons. The number of rotatable bonds is 8. The van der Waals surface area contributed by atoms with Crippen molar-refractivity contribution in [3.8, 4) is 17.0 Å². The molecule has 3 aromatic rings. The van der Waals surface area contributed by atoms with Crippen LogP contribution in [0.25, 0.3) is 11.3 Å². The van der Waals surface area contributed by atoms with Gasteiger partial charge < -0.3 is 9.47 Å². The van der Waals surface area contributed by atoms with Crippen LogP contribution in [0.2, 0.25) is 0 Å². The van der Waals surface area contributed by atoms with Crippen molar-refractivity contribution < 1.29 is 14.3 Å². The molecule has 1 aliphatic heterocycles. The zero-order chi connectivity index (χ0) is 20.8. The number of carbonyl (C=O) groups is 1. The lowest BCUT2D eigenvalue weighted by molar-refractivity contribution is 0.0679. The SMILES string of the molecule is C=CCN(C(=O)c1ccc(OCC2CCCO2)cc1)c1nc(-c2ccccc2)cs1. The number of nitrogens with zero attached hydrogens (tertiary/aromatic N) is 2. The second kappa shape index (κ2) is 9.69. The van der Waals surface area contributed by atoms with Crippen LogP contribution in [0.15, 0.2) is 72.6 Å². The van der Waals surface area contributed by atoms with Gasteiger partial charge in [-0.15, -0.1) is 17.9 Å². The normalized spacial score (nSPS) is 15.7. The molecular weight excluding hydrogens is 396 g/mol. The van der Waals surface area contributed by atoms with Gasteiger partial charge in [0, 0.05) is 29.7 Å². The minimum Gasteiger partial charge on any atom is -0.491 e. The Morgan fingerprint density at radius 3 is 2.73 bits per heavy atom. The molecule has 1 aromatic heterocycles. The van der Waals surface area contributed by atoms with Crippen molar-refractivity contribution in [2.24, 2.45) is 0 Å². The van der Waals surface area contributed by atoms with Gasteiger partial charge in [-0.2, -0.15) is 0 Å². The number of amides is 1. The van der Waals surface area contributed by atoms with E-state index < -0.39 is 0 Å². The van der Waals surface area contributed by atoms with Crippen LogP contribution in [0.5, 0.6) is 5.75 Å². The predicted octanol–water partition coefficient (Wildman–Crippen LogP) is 5.20. The van der Waals surface area contributed by atoms with Crippen molar-refractivity contribution in [1.82, 2.24) is 4.98 Å². The molecule has 0 radical (unpaired) electrons. The average molecular weight is 421 g/mol. The highest BCUT2D eigenvalue weighted by Crippen LogP contribution is 2.28. The van der Waals surface area contributed by atoms with Crippen molar-refractivity contribution in [2.45, 2.75) is 18.9 Å². The summed E-state index contributed by atoms with van der Waals surface area (Å²) in [6.45, 7) is 5.53. The molecule has 0 spiro atoms. The molecule has 1 amide bonds. The number of thiazole rings is 1. The minimum absolute atomic E-state index is 0.116. The molecule has 2 heterocycles. The van der Waals surface area contributed by atoms with Crippen LogP contribution in [-0.2, 0) is 4.74 Å². The summed E-state index contributed by atoms with van der Waals surface area (Å²) in [4.78, 5) is 19.5. The lowest BCUT2D eigenvalue weighted by atomic mass is 10.2. The van der Waals surface area contributed by atoms with Gasteiger partial charge in [0.15, 0.2) is 5.13 Å². The van der Waals surface area contributed by atoms with E-state index in [9.17, 15) is 4.79 Å². The number of anilines is 1. The second-order valence-corrected chi connectivity index (χ2v) is 7.89. The molecular formula is C24H24N2O3S. The summed E-state index contributed by atoms with van der Waals surface area (Å²) in [5, 5.41) is 2.62. The van der Waals surface area contributed by atoms with Crippen LogP contribution in [0.4, 0.5) is 5.13 Å². The lowest BCUT2D eigenvalue weighted by Crippen LogP contribution is -2.30. The van der Waals surface area contributed by atoms with Crippen molar-refractivity contribution in [2.75, 3.05) is 24.7 Å². The van der Waals surface area contributed by atoms with E-state index in [1.807, 2.05) is 47.8 Å². The summed E-state index contributed by atoms with van der Waals surface area (Å²) in [6, 6.07) is 17.2. The van der Waals surface area contributed by atoms with Gasteiger partial charge in [-0.3, -0.25) is 9.69 Å². The van der Waals surface area contributed by atoms with Gasteiger partial charge in [-0.1, -0.05) is 36.4 Å². The zero-order valence-electron chi connectivity index (χ0n) is 16.7. The van der Waals surface area contributed by atoms with E-state index in [-0.39, 0.29) is 12.0 Å². The monoisotopic (exact) mass is 420 g/mol. The van der Waals surface area contributed by atoms with E-state index in [4.69, 9.17) is 9.47 Å². The molecule has 0 bridgehead atoms. The smallest absolute Gasteiger partial charge is 0.260 e. The Morgan fingerprint density at radius 2 is 2.03 bits per heavy atom. The standard InChI is InChI=1S/C24H24N2O3S/c1-2-14-26(24-25-22(17-30-24)18-7-4-3-5-8-18)23(27)19-10-12-20(13-11-19)29-16-21-9-6-15-28-21/h2-5,7-8,10-13,17,21H,1,6,9,14-16H2. The highest BCUT2D eigenvalue weighted by atomic mass is 32.1. The molecule has 5 nitrogen and oxygen atoms in total. The fraction of sp³-hybridized carbons (Fsp3) is 0.250. The van der Waals surface area contributed by atoms with Crippen LogP contribution in [0.3, 0.4) is 0 Å². The molecule has 0 N–H and O–H groups in total. The third kappa shape index (κ3) is 4.78. The minimum atomic E-state index is -0.116. The van der Waals surface area contributed by atoms with E-state index in [2.05, 4.69) is 11.6 Å². The van der Waals surface area contributed by atoms with Crippen LogP contribution >= 0.6 is 11.3 Å². The van der Waals surface area contributed by atoms with E-state index in [0.29, 0.717) is 23.8 Å². The first kappa shape index (κ1) is 20.3. The second-order valence-electron chi connectivity index (χ2n) is 7.06. The van der Waals surface area contributed by atoms with E-state index in [0.717, 1.165) is 36.5 Å². The van der Waals surface area contributed by atoms with Crippen molar-refractivity contribution in [3.63, 3.8) is 0 Å². The lowest BCUT2D eigenvalue weighted by Gasteiger charge is -2.18. The van der Waals surface area contributed by atoms with Crippen molar-refractivity contribution >= 4 is 22.4 Å². The fourth-order valence-electron chi connectivity index (χ4n) is 3.32. The Labute approximate surface area is 180 Å². The highest BCUT2D eigenvalue weighted by molar-refractivity contribution is 7.14. The molecule has 0 saturated carbocycles. The fourth-order valence-corrected chi connectivity index (χ4v) is 4.16. The summed E-state index contributed by atoms with van der Waals surface area (Å²) in [5.74, 6) is 0.618. The van der Waals surface area contributed by atoms with Gasteiger partial charge in [0.2, 0.25) is 0 Å². The molecule has 1 unspecified atom stereocenters. The summed E-state index contributed by atoms with van der Waals surface area (Å²) in [6.07, 6.45) is 3.99. The maximum atomic E-state index is 13.1. The largest absolute Gasteiger partial charge is 0.491 e. The zero-order valence-corrected chi connectivity index (χ0v) is 17.5. The summed E-state index contributed by atoms with van der Waals surface area (Å²) >= 11 is 1.45. The third-order valence-electron chi connectivity index (χ3n) is 4.91. The van der Waals surface area contributed by atoms with Gasteiger partial charge in [-0.25, -0.2) is 4.98 Å². The molecule has 1 aliphatic rings. The van der Waals surface area contributed by atoms with Crippen molar-refractivity contribution in [3.05, 3.63) is 78.2 Å². The first-order valence-electron chi connectivity index (χ1n) is 10.0. The van der Waals surface area contributed by atoms with Gasteiger partial charge in [0.05, 0.1) is 11.8 Å². The molecule has 4 rings (SSSR count). The Morgan fingerprint density at radius 1 is 1.23 bits per heavy atom. The van der Waals surface area contributed by atoms with Crippen LogP contribution in [0.1, 0.15) is 23.2 Å². The maximum Gasteiger partial charge on any atom is 0.260 e. The molecule has 1 atom stereocenters. The number of ether oxygens (including phenoxy) is 2. The molecule has 0 aliphatic carbocycles. The number of hydrogen-bond donors (Lipinski definition) is 0. The molecule has 1 fully saturated rings. The molecule has 2 aromatic carbocycles. The highest BCUT2D eigenvalue weighted by Gasteiger charge is 2.20. The number of benzene rings is 2. The van der Waals surface area contributed by atoms with Gasteiger partial charge >= 0.3 is 0 Å². The van der Waals surface area contributed by atoms with Crippen LogP contribution < -0.4 is 9.64 Å². The average Bonchev–Trinajstić information content (AvgIpc) is 3.49. The summed E-state index contributed by atoms with van der Waals surface area (Å²) in [5.41, 5.74) is 2.46. The Kier molecular flexibility index (Phi) is 6.57. The predicted molar refractivity (Wildman–Crippen MR) is 120 cm³/mol. The number of aromatic nitrogens is 1. The quantitative estimate of drug-likeness (QED) is 0.470. The third-order valence-corrected chi connectivity index (χ3v) is 5.77. The molecule has 1 saturated heterocycles. The van der Waals surface area contributed by atoms with Gasteiger partial charge in [-0.05, 0) is 37.1 Å². The Balaban J connectivity index is 1.46.